The maximum absolute atomic E-state index is 13.4. The van der Waals surface area contributed by atoms with Gasteiger partial charge >= 0.3 is 0 Å². The molecule has 1 saturated heterocycles. The van der Waals surface area contributed by atoms with Crippen LogP contribution in [0.25, 0.3) is 0 Å². The summed E-state index contributed by atoms with van der Waals surface area (Å²) in [6, 6.07) is 10.3. The molecule has 45 heavy (non-hydrogen) atoms. The van der Waals surface area contributed by atoms with E-state index in [0.717, 1.165) is 75.9 Å². The van der Waals surface area contributed by atoms with Crippen molar-refractivity contribution in [3.05, 3.63) is 65.4 Å². The van der Waals surface area contributed by atoms with Crippen LogP contribution in [-0.4, -0.2) is 94.3 Å². The van der Waals surface area contributed by atoms with Gasteiger partial charge in [-0.1, -0.05) is 6.07 Å². The van der Waals surface area contributed by atoms with Crippen LogP contribution in [0, 0.1) is 0 Å². The number of aliphatic hydroxyl groups is 1. The summed E-state index contributed by atoms with van der Waals surface area (Å²) in [6.45, 7) is 13.0. The van der Waals surface area contributed by atoms with Crippen molar-refractivity contribution in [2.45, 2.75) is 77.3 Å². The Labute approximate surface area is 266 Å². The summed E-state index contributed by atoms with van der Waals surface area (Å²) < 4.78 is 11.1. The fourth-order valence-corrected chi connectivity index (χ4v) is 6.23. The number of carbonyl (C=O) groups is 1. The Hall–Kier alpha value is -3.67. The third kappa shape index (κ3) is 8.14. The monoisotopic (exact) mass is 617 g/mol. The van der Waals surface area contributed by atoms with E-state index in [1.165, 1.54) is 23.9 Å². The van der Waals surface area contributed by atoms with Gasteiger partial charge < -0.3 is 29.8 Å². The quantitative estimate of drug-likeness (QED) is 0.294. The molecule has 1 aliphatic carbocycles. The lowest BCUT2D eigenvalue weighted by atomic mass is 9.93. The molecule has 4 heterocycles. The largest absolute Gasteiger partial charge is 0.486 e. The van der Waals surface area contributed by atoms with Gasteiger partial charge in [0.05, 0.1) is 12.3 Å². The molecule has 3 aromatic rings. The lowest BCUT2D eigenvalue weighted by molar-refractivity contribution is 0.0841. The smallest absolute Gasteiger partial charge is 0.251 e. The third-order valence-corrected chi connectivity index (χ3v) is 9.18. The van der Waals surface area contributed by atoms with Gasteiger partial charge in [-0.05, 0) is 81.8 Å². The Bertz CT molecular complexity index is 1430. The number of carbonyl (C=O) groups excluding carboxylic acids is 1. The molecule has 6 rings (SSSR count). The van der Waals surface area contributed by atoms with E-state index in [0.29, 0.717) is 30.5 Å². The Morgan fingerprint density at radius 3 is 2.64 bits per heavy atom. The Morgan fingerprint density at radius 2 is 1.93 bits per heavy atom. The number of nitrogens with one attached hydrogen (secondary N) is 2. The summed E-state index contributed by atoms with van der Waals surface area (Å²) in [6.07, 6.45) is 6.72. The molecule has 1 unspecified atom stereocenters. The van der Waals surface area contributed by atoms with Gasteiger partial charge in [-0.25, -0.2) is 9.97 Å². The molecule has 0 spiro atoms. The molecule has 3 aliphatic rings. The zero-order chi connectivity index (χ0) is 31.4. The number of fused-ring (bicyclic) bond motifs is 1. The molecule has 0 radical (unpaired) electrons. The SMILES string of the molecule is CC(C)(C)N1CCN(c2cc(C(=O)NCC(O)CN3CCc4cc(OCc5cnco5)ccc4C3)cc(NC3CCC3)n2)CC1. The van der Waals surface area contributed by atoms with Gasteiger partial charge in [0.15, 0.2) is 12.2 Å². The van der Waals surface area contributed by atoms with Crippen molar-refractivity contribution in [3.8, 4) is 5.75 Å². The second-order valence-electron chi connectivity index (χ2n) is 13.6. The van der Waals surface area contributed by atoms with E-state index in [1.54, 1.807) is 6.20 Å². The van der Waals surface area contributed by atoms with E-state index in [1.807, 2.05) is 18.2 Å². The number of piperazine rings is 1. The number of ether oxygens (including phenoxy) is 1. The number of oxazole rings is 1. The molecule has 2 aliphatic heterocycles. The number of hydrogen-bond donors (Lipinski definition) is 3. The molecule has 1 atom stereocenters. The van der Waals surface area contributed by atoms with Gasteiger partial charge in [-0.15, -0.1) is 0 Å². The van der Waals surface area contributed by atoms with Crippen LogP contribution >= 0.6 is 0 Å². The van der Waals surface area contributed by atoms with E-state index in [2.05, 4.69) is 63.2 Å². The number of amides is 1. The highest BCUT2D eigenvalue weighted by Crippen LogP contribution is 2.27. The summed E-state index contributed by atoms with van der Waals surface area (Å²) in [4.78, 5) is 29.2. The van der Waals surface area contributed by atoms with E-state index in [-0.39, 0.29) is 18.0 Å². The van der Waals surface area contributed by atoms with Crippen molar-refractivity contribution in [3.63, 3.8) is 0 Å². The first-order valence-corrected chi connectivity index (χ1v) is 16.3. The predicted octanol–water partition coefficient (Wildman–Crippen LogP) is 3.68. The molecule has 0 bridgehead atoms. The first-order chi connectivity index (χ1) is 21.7. The molecule has 242 valence electrons. The summed E-state index contributed by atoms with van der Waals surface area (Å²) in [5.74, 6) is 2.88. The molecule has 1 amide bonds. The number of aliphatic hydroxyl groups excluding tert-OH is 1. The first-order valence-electron chi connectivity index (χ1n) is 16.3. The number of anilines is 2. The van der Waals surface area contributed by atoms with Crippen LogP contribution in [0.5, 0.6) is 5.75 Å². The standard InChI is InChI=1S/C34H47N7O4/c1-34(2,3)41-13-11-40(12-14-41)32-17-26(16-31(38-32)37-27-5-4-6-27)33(43)36-18-28(42)21-39-10-9-24-15-29(8-7-25(24)20-39)44-22-30-19-35-23-45-30/h7-8,15-17,19,23,27-28,42H,4-6,9-14,18,20-22H2,1-3H3,(H,36,43)(H,37,38). The second-order valence-corrected chi connectivity index (χ2v) is 13.6. The lowest BCUT2D eigenvalue weighted by Gasteiger charge is -2.42. The highest BCUT2D eigenvalue weighted by molar-refractivity contribution is 5.95. The fraction of sp³-hybridized carbons (Fsp3) is 0.559. The lowest BCUT2D eigenvalue weighted by Crippen LogP contribution is -2.53. The van der Waals surface area contributed by atoms with Crippen molar-refractivity contribution in [1.29, 1.82) is 0 Å². The predicted molar refractivity (Wildman–Crippen MR) is 174 cm³/mol. The van der Waals surface area contributed by atoms with Crippen LogP contribution in [0.15, 0.2) is 47.3 Å². The van der Waals surface area contributed by atoms with Crippen LogP contribution in [-0.2, 0) is 19.6 Å². The molecule has 2 fully saturated rings. The Morgan fingerprint density at radius 1 is 1.11 bits per heavy atom. The van der Waals surface area contributed by atoms with E-state index >= 15 is 0 Å². The minimum Gasteiger partial charge on any atom is -0.486 e. The Balaban J connectivity index is 1.02. The van der Waals surface area contributed by atoms with Crippen molar-refractivity contribution < 1.29 is 19.1 Å². The van der Waals surface area contributed by atoms with Crippen molar-refractivity contribution in [2.24, 2.45) is 0 Å². The highest BCUT2D eigenvalue weighted by atomic mass is 16.5. The van der Waals surface area contributed by atoms with Crippen molar-refractivity contribution in [1.82, 2.24) is 25.1 Å². The Kier molecular flexibility index (Phi) is 9.58. The minimum absolute atomic E-state index is 0.133. The number of nitrogens with zero attached hydrogens (tertiary/aromatic N) is 5. The average Bonchev–Trinajstić information content (AvgIpc) is 3.54. The number of hydrogen-bond acceptors (Lipinski definition) is 10. The van der Waals surface area contributed by atoms with E-state index in [9.17, 15) is 9.90 Å². The normalized spacial score (nSPS) is 18.6. The number of β-amino-alcohol motifs (C(OH)–C–C–N with tert-alkyl or cyclic N) is 1. The zero-order valence-corrected chi connectivity index (χ0v) is 26.8. The van der Waals surface area contributed by atoms with Crippen molar-refractivity contribution >= 4 is 17.5 Å². The summed E-state index contributed by atoms with van der Waals surface area (Å²) >= 11 is 0. The molecular weight excluding hydrogens is 570 g/mol. The number of benzene rings is 1. The first kappa shape index (κ1) is 31.3. The van der Waals surface area contributed by atoms with Crippen LogP contribution in [0.1, 0.15) is 67.3 Å². The van der Waals surface area contributed by atoms with Crippen molar-refractivity contribution in [2.75, 3.05) is 56.0 Å². The van der Waals surface area contributed by atoms with Gasteiger partial charge in [0, 0.05) is 69.5 Å². The molecule has 2 aromatic heterocycles. The van der Waals surface area contributed by atoms with Gasteiger partial charge in [0.1, 0.15) is 24.0 Å². The third-order valence-electron chi connectivity index (χ3n) is 9.18. The van der Waals surface area contributed by atoms with Crippen LogP contribution in [0.4, 0.5) is 11.6 Å². The highest BCUT2D eigenvalue weighted by Gasteiger charge is 2.28. The molecule has 11 heteroatoms. The summed E-state index contributed by atoms with van der Waals surface area (Å²) in [7, 11) is 0. The molecular formula is C34H47N7O4. The van der Waals surface area contributed by atoms with Crippen LogP contribution in [0.2, 0.25) is 0 Å². The minimum atomic E-state index is -0.681. The topological polar surface area (TPSA) is 119 Å². The summed E-state index contributed by atoms with van der Waals surface area (Å²) in [5, 5.41) is 17.4. The molecule has 3 N–H and O–H groups in total. The average molecular weight is 618 g/mol. The number of pyridine rings is 1. The van der Waals surface area contributed by atoms with E-state index in [4.69, 9.17) is 14.1 Å². The maximum Gasteiger partial charge on any atom is 0.251 e. The molecule has 1 saturated carbocycles. The van der Waals surface area contributed by atoms with E-state index < -0.39 is 6.10 Å². The van der Waals surface area contributed by atoms with Gasteiger partial charge in [-0.3, -0.25) is 14.6 Å². The van der Waals surface area contributed by atoms with Crippen LogP contribution < -0.4 is 20.3 Å². The van der Waals surface area contributed by atoms with Gasteiger partial charge in [0.25, 0.3) is 5.91 Å². The number of rotatable bonds is 11. The molecule has 11 nitrogen and oxygen atoms in total. The number of aromatic nitrogens is 2. The molecule has 1 aromatic carbocycles. The zero-order valence-electron chi connectivity index (χ0n) is 26.8. The maximum atomic E-state index is 13.4. The fourth-order valence-electron chi connectivity index (χ4n) is 6.23. The van der Waals surface area contributed by atoms with Gasteiger partial charge in [0.2, 0.25) is 0 Å². The second kappa shape index (κ2) is 13.8. The van der Waals surface area contributed by atoms with Gasteiger partial charge in [-0.2, -0.15) is 0 Å². The van der Waals surface area contributed by atoms with Crippen LogP contribution in [0.3, 0.4) is 0 Å². The summed E-state index contributed by atoms with van der Waals surface area (Å²) in [5.41, 5.74) is 3.18.